The number of halogens is 2. The van der Waals surface area contributed by atoms with E-state index in [0.29, 0.717) is 17.8 Å². The first kappa shape index (κ1) is 14.3. The zero-order valence-corrected chi connectivity index (χ0v) is 11.7. The van der Waals surface area contributed by atoms with Crippen LogP contribution in [0.15, 0.2) is 48.5 Å². The zero-order valence-electron chi connectivity index (χ0n) is 11.7. The van der Waals surface area contributed by atoms with E-state index < -0.39 is 0 Å². The predicted molar refractivity (Wildman–Crippen MR) is 78.4 cm³/mol. The Hall–Kier alpha value is -2.60. The van der Waals surface area contributed by atoms with Crippen LogP contribution in [0.4, 0.5) is 8.78 Å². The lowest BCUT2D eigenvalue weighted by molar-refractivity contribution is 0.626. The molecule has 0 fully saturated rings. The lowest BCUT2D eigenvalue weighted by Crippen LogP contribution is -2.07. The molecule has 1 aromatic heterocycles. The summed E-state index contributed by atoms with van der Waals surface area (Å²) >= 11 is 0. The van der Waals surface area contributed by atoms with Gasteiger partial charge in [0, 0.05) is 13.0 Å². The van der Waals surface area contributed by atoms with Crippen LogP contribution in [0.25, 0.3) is 5.69 Å². The first-order chi connectivity index (χ1) is 10.7. The van der Waals surface area contributed by atoms with Crippen LogP contribution in [0.2, 0.25) is 0 Å². The van der Waals surface area contributed by atoms with Crippen molar-refractivity contribution in [3.63, 3.8) is 0 Å². The molecule has 0 spiro atoms. The Morgan fingerprint density at radius 2 is 1.50 bits per heavy atom. The van der Waals surface area contributed by atoms with Crippen molar-refractivity contribution in [1.82, 2.24) is 15.0 Å². The quantitative estimate of drug-likeness (QED) is 0.805. The molecule has 0 saturated carbocycles. The van der Waals surface area contributed by atoms with Crippen molar-refractivity contribution in [1.29, 1.82) is 0 Å². The standard InChI is InChI=1S/C16H14F2N4/c17-12-3-1-11(2-4-12)9-16-15(10-19)20-21-22(16)14-7-5-13(18)6-8-14/h1-8H,9-10,19H2. The van der Waals surface area contributed by atoms with Gasteiger partial charge in [0.15, 0.2) is 0 Å². The summed E-state index contributed by atoms with van der Waals surface area (Å²) in [7, 11) is 0. The van der Waals surface area contributed by atoms with Crippen LogP contribution in [0.5, 0.6) is 0 Å². The SMILES string of the molecule is NCc1nnn(-c2ccc(F)cc2)c1Cc1ccc(F)cc1. The molecule has 0 saturated heterocycles. The van der Waals surface area contributed by atoms with Gasteiger partial charge >= 0.3 is 0 Å². The highest BCUT2D eigenvalue weighted by Gasteiger charge is 2.14. The van der Waals surface area contributed by atoms with Crippen LogP contribution in [0, 0.1) is 11.6 Å². The third kappa shape index (κ3) is 2.87. The van der Waals surface area contributed by atoms with E-state index in [1.165, 1.54) is 24.3 Å². The van der Waals surface area contributed by atoms with Gasteiger partial charge in [-0.1, -0.05) is 17.3 Å². The third-order valence-corrected chi connectivity index (χ3v) is 3.39. The minimum atomic E-state index is -0.317. The first-order valence-electron chi connectivity index (χ1n) is 6.81. The van der Waals surface area contributed by atoms with Crippen molar-refractivity contribution in [3.05, 3.63) is 77.1 Å². The number of aromatic nitrogens is 3. The average Bonchev–Trinajstić information content (AvgIpc) is 2.93. The van der Waals surface area contributed by atoms with E-state index in [1.807, 2.05) is 0 Å². The Labute approximate surface area is 126 Å². The molecule has 0 bridgehead atoms. The van der Waals surface area contributed by atoms with E-state index in [0.717, 1.165) is 11.3 Å². The van der Waals surface area contributed by atoms with Gasteiger partial charge in [-0.25, -0.2) is 13.5 Å². The lowest BCUT2D eigenvalue weighted by Gasteiger charge is -2.08. The topological polar surface area (TPSA) is 56.7 Å². The molecule has 3 rings (SSSR count). The van der Waals surface area contributed by atoms with Crippen molar-refractivity contribution in [2.45, 2.75) is 13.0 Å². The Balaban J connectivity index is 2.00. The number of hydrogen-bond acceptors (Lipinski definition) is 3. The molecule has 0 amide bonds. The third-order valence-electron chi connectivity index (χ3n) is 3.39. The predicted octanol–water partition coefficient (Wildman–Crippen LogP) is 2.60. The van der Waals surface area contributed by atoms with Crippen LogP contribution >= 0.6 is 0 Å². The number of rotatable bonds is 4. The molecule has 0 radical (unpaired) electrons. The van der Waals surface area contributed by atoms with E-state index >= 15 is 0 Å². The molecular formula is C16H14F2N4. The number of hydrogen-bond donors (Lipinski definition) is 1. The summed E-state index contributed by atoms with van der Waals surface area (Å²) in [5, 5.41) is 8.16. The number of nitrogens with zero attached hydrogens (tertiary/aromatic N) is 3. The maximum Gasteiger partial charge on any atom is 0.123 e. The van der Waals surface area contributed by atoms with Crippen LogP contribution in [-0.4, -0.2) is 15.0 Å². The van der Waals surface area contributed by atoms with Gasteiger partial charge < -0.3 is 5.73 Å². The first-order valence-corrected chi connectivity index (χ1v) is 6.81. The fourth-order valence-corrected chi connectivity index (χ4v) is 2.25. The van der Waals surface area contributed by atoms with E-state index in [2.05, 4.69) is 10.3 Å². The smallest absolute Gasteiger partial charge is 0.123 e. The monoisotopic (exact) mass is 300 g/mol. The van der Waals surface area contributed by atoms with Crippen molar-refractivity contribution < 1.29 is 8.78 Å². The highest BCUT2D eigenvalue weighted by molar-refractivity contribution is 5.35. The molecule has 2 N–H and O–H groups in total. The highest BCUT2D eigenvalue weighted by Crippen LogP contribution is 2.17. The van der Waals surface area contributed by atoms with Gasteiger partial charge in [0.1, 0.15) is 17.3 Å². The van der Waals surface area contributed by atoms with Crippen molar-refractivity contribution in [3.8, 4) is 5.69 Å². The van der Waals surface area contributed by atoms with E-state index in [-0.39, 0.29) is 18.2 Å². The largest absolute Gasteiger partial charge is 0.325 e. The molecule has 112 valence electrons. The van der Waals surface area contributed by atoms with Crippen LogP contribution < -0.4 is 5.73 Å². The van der Waals surface area contributed by atoms with Crippen LogP contribution in [-0.2, 0) is 13.0 Å². The Kier molecular flexibility index (Phi) is 3.93. The van der Waals surface area contributed by atoms with Crippen LogP contribution in [0.1, 0.15) is 17.0 Å². The lowest BCUT2D eigenvalue weighted by atomic mass is 10.1. The van der Waals surface area contributed by atoms with E-state index in [9.17, 15) is 8.78 Å². The molecule has 0 aliphatic carbocycles. The molecular weight excluding hydrogens is 286 g/mol. The van der Waals surface area contributed by atoms with Gasteiger partial charge in [0.25, 0.3) is 0 Å². The molecule has 1 heterocycles. The second-order valence-corrected chi connectivity index (χ2v) is 4.88. The summed E-state index contributed by atoms with van der Waals surface area (Å²) in [6.45, 7) is 0.248. The minimum absolute atomic E-state index is 0.248. The average molecular weight is 300 g/mol. The number of benzene rings is 2. The van der Waals surface area contributed by atoms with Gasteiger partial charge in [0.05, 0.1) is 11.4 Å². The van der Waals surface area contributed by atoms with Crippen LogP contribution in [0.3, 0.4) is 0 Å². The second-order valence-electron chi connectivity index (χ2n) is 4.88. The van der Waals surface area contributed by atoms with Crippen molar-refractivity contribution in [2.75, 3.05) is 0 Å². The molecule has 6 heteroatoms. The maximum atomic E-state index is 13.1. The van der Waals surface area contributed by atoms with Gasteiger partial charge in [0.2, 0.25) is 0 Å². The van der Waals surface area contributed by atoms with Gasteiger partial charge in [-0.3, -0.25) is 0 Å². The summed E-state index contributed by atoms with van der Waals surface area (Å²) in [4.78, 5) is 0. The second kappa shape index (κ2) is 6.03. The molecule has 0 unspecified atom stereocenters. The fraction of sp³-hybridized carbons (Fsp3) is 0.125. The van der Waals surface area contributed by atoms with Gasteiger partial charge in [-0.05, 0) is 42.0 Å². The normalized spacial score (nSPS) is 10.9. The summed E-state index contributed by atoms with van der Waals surface area (Å²) in [6, 6.07) is 12.2. The van der Waals surface area contributed by atoms with Gasteiger partial charge in [-0.15, -0.1) is 5.10 Å². The summed E-state index contributed by atoms with van der Waals surface area (Å²) in [5.74, 6) is -0.601. The maximum absolute atomic E-state index is 13.1. The molecule has 22 heavy (non-hydrogen) atoms. The zero-order chi connectivity index (χ0) is 15.5. The molecule has 2 aromatic carbocycles. The van der Waals surface area contributed by atoms with E-state index in [4.69, 9.17) is 5.73 Å². The summed E-state index contributed by atoms with van der Waals surface area (Å²) in [6.07, 6.45) is 0.511. The van der Waals surface area contributed by atoms with E-state index in [1.54, 1.807) is 28.9 Å². The van der Waals surface area contributed by atoms with Crippen molar-refractivity contribution >= 4 is 0 Å². The Bertz CT molecular complexity index is 764. The van der Waals surface area contributed by atoms with Crippen molar-refractivity contribution in [2.24, 2.45) is 5.73 Å². The molecule has 0 aliphatic heterocycles. The summed E-state index contributed by atoms with van der Waals surface area (Å²) < 4.78 is 27.7. The fourth-order valence-electron chi connectivity index (χ4n) is 2.25. The minimum Gasteiger partial charge on any atom is -0.325 e. The highest BCUT2D eigenvalue weighted by atomic mass is 19.1. The Morgan fingerprint density at radius 3 is 2.09 bits per heavy atom. The molecule has 4 nitrogen and oxygen atoms in total. The molecule has 0 atom stereocenters. The molecule has 3 aromatic rings. The Morgan fingerprint density at radius 1 is 0.909 bits per heavy atom. The summed E-state index contributed by atoms with van der Waals surface area (Å²) in [5.41, 5.74) is 8.79. The molecule has 0 aliphatic rings. The number of nitrogens with two attached hydrogens (primary N) is 1. The van der Waals surface area contributed by atoms with Gasteiger partial charge in [-0.2, -0.15) is 0 Å².